The lowest BCUT2D eigenvalue weighted by atomic mass is 9.77. The number of nitrogens with one attached hydrogen (secondary N) is 2. The van der Waals surface area contributed by atoms with E-state index in [4.69, 9.17) is 4.74 Å². The number of anilines is 2. The van der Waals surface area contributed by atoms with Gasteiger partial charge in [0.1, 0.15) is 5.75 Å². The zero-order chi connectivity index (χ0) is 23.2. The van der Waals surface area contributed by atoms with Crippen molar-refractivity contribution < 1.29 is 13.2 Å². The van der Waals surface area contributed by atoms with Crippen LogP contribution in [0, 0.1) is 12.8 Å². The van der Waals surface area contributed by atoms with Gasteiger partial charge < -0.3 is 10.1 Å². The summed E-state index contributed by atoms with van der Waals surface area (Å²) in [5.74, 6) is 0.958. The van der Waals surface area contributed by atoms with Gasteiger partial charge in [-0.25, -0.2) is 8.42 Å². The number of fused-ring (bicyclic) bond motifs is 3. The fraction of sp³-hybridized carbons (Fsp3) is 0.231. The van der Waals surface area contributed by atoms with Crippen molar-refractivity contribution in [3.63, 3.8) is 0 Å². The summed E-state index contributed by atoms with van der Waals surface area (Å²) in [4.78, 5) is 0.241. The van der Waals surface area contributed by atoms with Crippen molar-refractivity contribution in [3.8, 4) is 5.75 Å². The second-order valence-electron chi connectivity index (χ2n) is 8.56. The molecule has 0 fully saturated rings. The Balaban J connectivity index is 1.51. The van der Waals surface area contributed by atoms with Gasteiger partial charge in [0.25, 0.3) is 10.0 Å². The fourth-order valence-corrected chi connectivity index (χ4v) is 6.51. The van der Waals surface area contributed by atoms with Gasteiger partial charge in [0, 0.05) is 16.1 Å². The SMILES string of the molecule is COc1ccc(C)cc1NS(=O)(=O)c1ccc2c(c1)[C@H]1C=CC[C@H]1[C@@H](c1ccccc1Br)N2. The highest BCUT2D eigenvalue weighted by Gasteiger charge is 2.39. The van der Waals surface area contributed by atoms with Crippen LogP contribution in [0.1, 0.15) is 35.1 Å². The van der Waals surface area contributed by atoms with Crippen LogP contribution in [-0.2, 0) is 10.0 Å². The number of sulfonamides is 1. The molecule has 3 atom stereocenters. The molecule has 3 aromatic rings. The van der Waals surface area contributed by atoms with Crippen LogP contribution >= 0.6 is 15.9 Å². The molecular weight excluding hydrogens is 500 g/mol. The molecule has 0 amide bonds. The van der Waals surface area contributed by atoms with Crippen LogP contribution < -0.4 is 14.8 Å². The van der Waals surface area contributed by atoms with E-state index in [2.05, 4.69) is 56.3 Å². The molecule has 33 heavy (non-hydrogen) atoms. The largest absolute Gasteiger partial charge is 0.495 e. The minimum Gasteiger partial charge on any atom is -0.495 e. The monoisotopic (exact) mass is 524 g/mol. The van der Waals surface area contributed by atoms with Gasteiger partial charge in [-0.1, -0.05) is 52.3 Å². The van der Waals surface area contributed by atoms with E-state index < -0.39 is 10.0 Å². The molecule has 5 nitrogen and oxygen atoms in total. The highest BCUT2D eigenvalue weighted by atomic mass is 79.9. The van der Waals surface area contributed by atoms with Crippen molar-refractivity contribution >= 4 is 37.3 Å². The first-order valence-corrected chi connectivity index (χ1v) is 13.1. The van der Waals surface area contributed by atoms with Gasteiger partial charge in [0.05, 0.1) is 23.7 Å². The third-order valence-electron chi connectivity index (χ3n) is 6.48. The number of methoxy groups -OCH3 is 1. The molecule has 2 aliphatic rings. The number of ether oxygens (including phenoxy) is 1. The molecule has 0 saturated heterocycles. The third-order valence-corrected chi connectivity index (χ3v) is 8.57. The van der Waals surface area contributed by atoms with Crippen molar-refractivity contribution in [1.29, 1.82) is 0 Å². The van der Waals surface area contributed by atoms with Gasteiger partial charge in [-0.05, 0) is 72.4 Å². The van der Waals surface area contributed by atoms with E-state index >= 15 is 0 Å². The summed E-state index contributed by atoms with van der Waals surface area (Å²) in [6.45, 7) is 1.91. The van der Waals surface area contributed by atoms with Crippen LogP contribution in [0.3, 0.4) is 0 Å². The van der Waals surface area contributed by atoms with Gasteiger partial charge >= 0.3 is 0 Å². The zero-order valence-electron chi connectivity index (χ0n) is 18.4. The fourth-order valence-electron chi connectivity index (χ4n) is 4.88. The molecule has 170 valence electrons. The maximum Gasteiger partial charge on any atom is 0.262 e. The van der Waals surface area contributed by atoms with E-state index in [1.54, 1.807) is 24.3 Å². The number of rotatable bonds is 5. The molecule has 5 rings (SSSR count). The number of hydrogen-bond donors (Lipinski definition) is 2. The standard InChI is InChI=1S/C26H25BrN2O3S/c1-16-10-13-25(32-2)24(14-16)29-33(30,31)17-11-12-23-21(15-17)18-7-5-8-19(18)26(28-23)20-6-3-4-9-22(20)27/h3-7,9-15,18-19,26,28-29H,8H2,1-2H3/t18-,19+,26-/m0/s1. The quantitative estimate of drug-likeness (QED) is 0.379. The average Bonchev–Trinajstić information content (AvgIpc) is 3.29. The summed E-state index contributed by atoms with van der Waals surface area (Å²) >= 11 is 3.70. The average molecular weight is 525 g/mol. The van der Waals surface area contributed by atoms with Gasteiger partial charge in [0.15, 0.2) is 0 Å². The summed E-state index contributed by atoms with van der Waals surface area (Å²) in [5.41, 5.74) is 4.57. The number of benzene rings is 3. The molecule has 1 aliphatic heterocycles. The second kappa shape index (κ2) is 8.54. The highest BCUT2D eigenvalue weighted by Crippen LogP contribution is 2.51. The number of allylic oxidation sites excluding steroid dienone is 2. The van der Waals surface area contributed by atoms with E-state index in [9.17, 15) is 8.42 Å². The molecule has 3 aromatic carbocycles. The first kappa shape index (κ1) is 22.0. The lowest BCUT2D eigenvalue weighted by molar-refractivity contribution is 0.417. The molecule has 0 saturated carbocycles. The Morgan fingerprint density at radius 1 is 1.06 bits per heavy atom. The van der Waals surface area contributed by atoms with E-state index in [0.717, 1.165) is 27.7 Å². The number of aryl methyl sites for hydroxylation is 1. The molecule has 7 heteroatoms. The molecule has 1 aliphatic carbocycles. The van der Waals surface area contributed by atoms with E-state index in [1.165, 1.54) is 12.7 Å². The number of hydrogen-bond acceptors (Lipinski definition) is 4. The summed E-state index contributed by atoms with van der Waals surface area (Å²) in [6, 6.07) is 19.2. The van der Waals surface area contributed by atoms with E-state index in [0.29, 0.717) is 17.4 Å². The Morgan fingerprint density at radius 3 is 2.67 bits per heavy atom. The predicted octanol–water partition coefficient (Wildman–Crippen LogP) is 6.39. The minimum absolute atomic E-state index is 0.144. The summed E-state index contributed by atoms with van der Waals surface area (Å²) < 4.78 is 35.7. The lowest BCUT2D eigenvalue weighted by Crippen LogP contribution is -2.29. The molecular formula is C26H25BrN2O3S. The number of halogens is 1. The van der Waals surface area contributed by atoms with E-state index in [-0.39, 0.29) is 16.9 Å². The van der Waals surface area contributed by atoms with Crippen LogP contribution in [0.5, 0.6) is 5.75 Å². The van der Waals surface area contributed by atoms with E-state index in [1.807, 2.05) is 25.1 Å². The summed E-state index contributed by atoms with van der Waals surface area (Å²) in [5, 5.41) is 3.67. The predicted molar refractivity (Wildman–Crippen MR) is 135 cm³/mol. The Hall–Kier alpha value is -2.77. The van der Waals surface area contributed by atoms with Crippen LogP contribution in [0.25, 0.3) is 0 Å². The zero-order valence-corrected chi connectivity index (χ0v) is 20.8. The van der Waals surface area contributed by atoms with Crippen LogP contribution in [0.15, 0.2) is 82.2 Å². The Morgan fingerprint density at radius 2 is 1.88 bits per heavy atom. The smallest absolute Gasteiger partial charge is 0.262 e. The Kier molecular flexibility index (Phi) is 5.70. The molecule has 0 spiro atoms. The third kappa shape index (κ3) is 4.04. The first-order chi connectivity index (χ1) is 15.9. The van der Waals surface area contributed by atoms with Gasteiger partial charge in [-0.3, -0.25) is 4.72 Å². The maximum absolute atomic E-state index is 13.3. The first-order valence-electron chi connectivity index (χ1n) is 10.9. The van der Waals surface area contributed by atoms with Crippen molar-refractivity contribution in [2.24, 2.45) is 5.92 Å². The molecule has 0 bridgehead atoms. The van der Waals surface area contributed by atoms with Crippen LogP contribution in [-0.4, -0.2) is 15.5 Å². The molecule has 2 N–H and O–H groups in total. The van der Waals surface area contributed by atoms with Crippen LogP contribution in [0.2, 0.25) is 0 Å². The van der Waals surface area contributed by atoms with Crippen molar-refractivity contribution in [3.05, 3.63) is 94.0 Å². The van der Waals surface area contributed by atoms with Gasteiger partial charge in [0.2, 0.25) is 0 Å². The topological polar surface area (TPSA) is 67.4 Å². The van der Waals surface area contributed by atoms with Crippen LogP contribution in [0.4, 0.5) is 11.4 Å². The van der Waals surface area contributed by atoms with Gasteiger partial charge in [-0.2, -0.15) is 0 Å². The maximum atomic E-state index is 13.3. The molecule has 0 unspecified atom stereocenters. The minimum atomic E-state index is -3.79. The normalized spacial score (nSPS) is 21.1. The second-order valence-corrected chi connectivity index (χ2v) is 11.1. The van der Waals surface area contributed by atoms with Crippen molar-refractivity contribution in [2.75, 3.05) is 17.1 Å². The molecule has 0 aromatic heterocycles. The Labute approximate surface area is 203 Å². The molecule has 0 radical (unpaired) electrons. The van der Waals surface area contributed by atoms with Crippen molar-refractivity contribution in [1.82, 2.24) is 0 Å². The Bertz CT molecular complexity index is 1350. The van der Waals surface area contributed by atoms with Crippen molar-refractivity contribution in [2.45, 2.75) is 30.2 Å². The summed E-state index contributed by atoms with van der Waals surface area (Å²) in [6.07, 6.45) is 5.35. The van der Waals surface area contributed by atoms with Gasteiger partial charge in [-0.15, -0.1) is 0 Å². The lowest BCUT2D eigenvalue weighted by Gasteiger charge is -2.38. The molecule has 1 heterocycles. The summed E-state index contributed by atoms with van der Waals surface area (Å²) in [7, 11) is -2.26. The highest BCUT2D eigenvalue weighted by molar-refractivity contribution is 9.10.